The molecule has 3 aliphatic heterocycles. The van der Waals surface area contributed by atoms with Gasteiger partial charge in [-0.15, -0.1) is 0 Å². The predicted octanol–water partition coefficient (Wildman–Crippen LogP) is 14.0. The molecule has 3 heterocycles. The van der Waals surface area contributed by atoms with Gasteiger partial charge in [0.1, 0.15) is 30.5 Å². The summed E-state index contributed by atoms with van der Waals surface area (Å²) in [6, 6.07) is 24.4. The van der Waals surface area contributed by atoms with Crippen LogP contribution in [0.1, 0.15) is 141 Å². The van der Waals surface area contributed by atoms with Crippen LogP contribution in [0.15, 0.2) is 103 Å². The first-order valence-corrected chi connectivity index (χ1v) is 28.1. The van der Waals surface area contributed by atoms with Crippen molar-refractivity contribution in [3.8, 4) is 11.5 Å². The van der Waals surface area contributed by atoms with Gasteiger partial charge >= 0.3 is 11.9 Å². The van der Waals surface area contributed by atoms with E-state index in [4.69, 9.17) is 18.9 Å². The summed E-state index contributed by atoms with van der Waals surface area (Å²) < 4.78 is 24.5. The maximum absolute atomic E-state index is 13.1. The lowest BCUT2D eigenvalue weighted by atomic mass is 9.63. The summed E-state index contributed by atoms with van der Waals surface area (Å²) in [5, 5.41) is 2.32. The highest BCUT2D eigenvalue weighted by atomic mass is 16.6. The van der Waals surface area contributed by atoms with E-state index >= 15 is 0 Å². The molecular formula is C66H80N2O7. The lowest BCUT2D eigenvalue weighted by molar-refractivity contribution is -0.150. The van der Waals surface area contributed by atoms with Crippen LogP contribution in [0.2, 0.25) is 0 Å². The van der Waals surface area contributed by atoms with Gasteiger partial charge in [-0.2, -0.15) is 0 Å². The average molecular weight is 1010 g/mol. The second-order valence-electron chi connectivity index (χ2n) is 24.5. The highest BCUT2D eigenvalue weighted by Gasteiger charge is 2.49. The van der Waals surface area contributed by atoms with Crippen molar-refractivity contribution in [1.82, 2.24) is 0 Å². The number of piperidine rings is 2. The van der Waals surface area contributed by atoms with Gasteiger partial charge < -0.3 is 28.7 Å². The number of Topliss-reactive ketones (excluding diaryl/α,β-unsaturated/α-hetero) is 1. The number of nitrogens with zero attached hydrogens (tertiary/aromatic N) is 2. The highest BCUT2D eigenvalue weighted by molar-refractivity contribution is 6.09. The number of rotatable bonds is 14. The van der Waals surface area contributed by atoms with Crippen molar-refractivity contribution in [3.05, 3.63) is 131 Å². The minimum atomic E-state index is -0.923. The largest absolute Gasteiger partial charge is 0.495 e. The number of esters is 2. The quantitative estimate of drug-likeness (QED) is 0.0695. The summed E-state index contributed by atoms with van der Waals surface area (Å²) in [5.41, 5.74) is 10.4. The number of carbonyl (C=O) groups excluding carboxylic acids is 3. The number of hydrogen-bond donors (Lipinski definition) is 0. The molecule has 0 amide bonds. The lowest BCUT2D eigenvalue weighted by Gasteiger charge is -2.43. The molecule has 0 radical (unpaired) electrons. The molecule has 6 aliphatic rings. The number of methoxy groups -OCH3 is 1. The fraction of sp³-hybridized carbons (Fsp3) is 0.500. The van der Waals surface area contributed by atoms with E-state index in [1.54, 1.807) is 6.92 Å². The third-order valence-corrected chi connectivity index (χ3v) is 18.3. The van der Waals surface area contributed by atoms with Crippen LogP contribution in [-0.2, 0) is 34.9 Å². The van der Waals surface area contributed by atoms with Crippen molar-refractivity contribution in [3.63, 3.8) is 0 Å². The first-order chi connectivity index (χ1) is 35.9. The molecule has 4 aromatic rings. The van der Waals surface area contributed by atoms with Gasteiger partial charge in [-0.3, -0.25) is 9.59 Å². The Labute approximate surface area is 446 Å². The van der Waals surface area contributed by atoms with E-state index in [2.05, 4.69) is 156 Å². The smallest absolute Gasteiger partial charge is 0.333 e. The maximum Gasteiger partial charge on any atom is 0.333 e. The molecule has 7 unspecified atom stereocenters. The monoisotopic (exact) mass is 1010 g/mol. The van der Waals surface area contributed by atoms with Gasteiger partial charge in [0, 0.05) is 77.8 Å². The van der Waals surface area contributed by atoms with Crippen LogP contribution in [0.25, 0.3) is 22.4 Å². The van der Waals surface area contributed by atoms with E-state index in [0.717, 1.165) is 83.7 Å². The molecule has 4 aromatic carbocycles. The number of allylic oxidation sites excluding steroid dienone is 4. The summed E-state index contributed by atoms with van der Waals surface area (Å²) >= 11 is 0. The van der Waals surface area contributed by atoms with Crippen LogP contribution in [-0.4, -0.2) is 64.2 Å². The van der Waals surface area contributed by atoms with Crippen molar-refractivity contribution in [1.29, 1.82) is 0 Å². The maximum atomic E-state index is 13.1. The number of anilines is 2. The third kappa shape index (κ3) is 9.87. The molecule has 9 nitrogen and oxygen atoms in total. The molecule has 10 rings (SSSR count). The molecule has 396 valence electrons. The van der Waals surface area contributed by atoms with E-state index in [9.17, 15) is 14.4 Å². The Morgan fingerprint density at radius 3 is 2.23 bits per heavy atom. The fourth-order valence-corrected chi connectivity index (χ4v) is 14.4. The Bertz CT molecular complexity index is 2960. The Balaban J connectivity index is 0.951. The molecule has 0 aromatic heterocycles. The fourth-order valence-electron chi connectivity index (χ4n) is 14.4. The number of carbonyl (C=O) groups is 3. The van der Waals surface area contributed by atoms with E-state index in [-0.39, 0.29) is 60.1 Å². The van der Waals surface area contributed by atoms with Crippen LogP contribution < -0.4 is 19.3 Å². The second-order valence-corrected chi connectivity index (χ2v) is 24.5. The summed E-state index contributed by atoms with van der Waals surface area (Å²) in [5.74, 6) is 3.71. The zero-order valence-electron chi connectivity index (χ0n) is 46.2. The normalized spacial score (nSPS) is 25.7. The molecule has 3 aliphatic carbocycles. The average Bonchev–Trinajstić information content (AvgIpc) is 3.66. The first-order valence-electron chi connectivity index (χ1n) is 28.1. The van der Waals surface area contributed by atoms with Crippen molar-refractivity contribution in [2.75, 3.05) is 56.3 Å². The van der Waals surface area contributed by atoms with Crippen LogP contribution in [0.4, 0.5) is 11.4 Å². The van der Waals surface area contributed by atoms with Crippen LogP contribution >= 0.6 is 0 Å². The molecule has 1 saturated carbocycles. The van der Waals surface area contributed by atoms with Gasteiger partial charge in [-0.25, -0.2) is 4.79 Å². The second kappa shape index (κ2) is 20.8. The Morgan fingerprint density at radius 2 is 1.52 bits per heavy atom. The Hall–Kier alpha value is -6.09. The van der Waals surface area contributed by atoms with E-state index < -0.39 is 17.5 Å². The molecule has 2 saturated heterocycles. The number of hydrogen-bond acceptors (Lipinski definition) is 9. The highest BCUT2D eigenvalue weighted by Crippen LogP contribution is 2.62. The van der Waals surface area contributed by atoms with Crippen LogP contribution in [0.3, 0.4) is 0 Å². The molecular weight excluding hydrogens is 933 g/mol. The predicted molar refractivity (Wildman–Crippen MR) is 302 cm³/mol. The number of ether oxygens (including phenoxy) is 4. The molecule has 3 fully saturated rings. The molecule has 9 heteroatoms. The standard InChI is InChI=1S/C66H80N2O7/c1-41(2)63(71)74-35-34-73-58(70)27-24-50(69)36-45-30-32-67(39-42(45)3)49-22-20-48(21-23-49)66(47-18-12-11-13-19-47)31-28-52-61-59(51-25-26-55(64(5,6)7)43(4)60(51)65(61,8)9)53-37-56(57(72-10)38-54(53)62(52)75-66)68-33-29-44-16-14-15-17-46(44)40-68/h11-13,18-23,25-26,28,31,37-38,42-46,55H,1,14-17,24,27,29-30,32-36,39-40H2,2-10H3. The first kappa shape index (κ1) is 52.4. The Morgan fingerprint density at radius 1 is 0.813 bits per heavy atom. The summed E-state index contributed by atoms with van der Waals surface area (Å²) in [6.07, 6.45) is 17.7. The van der Waals surface area contributed by atoms with Gasteiger partial charge in [-0.05, 0) is 125 Å². The molecule has 0 spiro atoms. The minimum absolute atomic E-state index is 0.0146. The summed E-state index contributed by atoms with van der Waals surface area (Å²) in [4.78, 5) is 42.1. The van der Waals surface area contributed by atoms with Gasteiger partial charge in [-0.1, -0.05) is 135 Å². The van der Waals surface area contributed by atoms with Gasteiger partial charge in [0.25, 0.3) is 0 Å². The van der Waals surface area contributed by atoms with Gasteiger partial charge in [0.15, 0.2) is 5.60 Å². The SMILES string of the molecule is C=C(C)C(=O)OCCOC(=O)CCC(=O)CC1CCN(c2ccc(C3(c4ccccc4)C=Cc4c5c(c6cc(N7CCC8CCCCC8C7)c(OC)cc6c4O3)C3=C(C(C)C(C(C)(C)C)C=C3)C5(C)C)cc2)CC1C. The van der Waals surface area contributed by atoms with E-state index in [1.165, 1.54) is 65.5 Å². The number of ketones is 1. The molecule has 7 atom stereocenters. The zero-order chi connectivity index (χ0) is 53.0. The summed E-state index contributed by atoms with van der Waals surface area (Å²) in [7, 11) is 1.83. The van der Waals surface area contributed by atoms with Crippen molar-refractivity contribution >= 4 is 51.5 Å². The minimum Gasteiger partial charge on any atom is -0.495 e. The molecule has 0 N–H and O–H groups in total. The van der Waals surface area contributed by atoms with Crippen LogP contribution in [0, 0.1) is 40.9 Å². The Kier molecular flexibility index (Phi) is 14.5. The lowest BCUT2D eigenvalue weighted by Crippen LogP contribution is -2.42. The van der Waals surface area contributed by atoms with Gasteiger partial charge in [0.05, 0.1) is 19.2 Å². The third-order valence-electron chi connectivity index (χ3n) is 18.3. The van der Waals surface area contributed by atoms with Crippen molar-refractivity contribution in [2.24, 2.45) is 40.9 Å². The molecule has 0 bridgehead atoms. The number of benzene rings is 4. The van der Waals surface area contributed by atoms with Crippen molar-refractivity contribution in [2.45, 2.75) is 124 Å². The van der Waals surface area contributed by atoms with E-state index in [1.807, 2.05) is 7.11 Å². The van der Waals surface area contributed by atoms with Gasteiger partial charge in [0.2, 0.25) is 0 Å². The molecule has 75 heavy (non-hydrogen) atoms. The topological polar surface area (TPSA) is 94.6 Å². The van der Waals surface area contributed by atoms with Crippen LogP contribution in [0.5, 0.6) is 11.5 Å². The number of fused-ring (bicyclic) bond motifs is 8. The zero-order valence-corrected chi connectivity index (χ0v) is 46.2. The van der Waals surface area contributed by atoms with Crippen molar-refractivity contribution < 1.29 is 33.3 Å². The summed E-state index contributed by atoms with van der Waals surface area (Å²) in [6.45, 7) is 25.6. The van der Waals surface area contributed by atoms with E-state index in [0.29, 0.717) is 18.3 Å².